The summed E-state index contributed by atoms with van der Waals surface area (Å²) < 4.78 is 31.9. The minimum absolute atomic E-state index is 0.301. The van der Waals surface area contributed by atoms with Gasteiger partial charge in [0, 0.05) is 0 Å². The standard InChI is InChI=1S/C26H53NO6S/c1-3-5-7-9-11-12-13-14-15-17-19-21-25(29)26(30)27-23(22-34(31,32)33)24(28)20-18-16-10-8-6-4-2/h23-25,28-29H,3-22H2,1-2H3,(H,27,30)(H,31,32,33). The van der Waals surface area contributed by atoms with Gasteiger partial charge in [-0.05, 0) is 12.8 Å². The Bertz CT molecular complexity index is 584. The molecular weight excluding hydrogens is 454 g/mol. The lowest BCUT2D eigenvalue weighted by Gasteiger charge is -2.24. The SMILES string of the molecule is CCCCCCCCCCCCCC(O)C(=O)NC(CS(=O)(=O)O)C(O)CCCCCCCC. The number of rotatable bonds is 24. The maximum atomic E-state index is 12.4. The van der Waals surface area contributed by atoms with Crippen LogP contribution < -0.4 is 5.32 Å². The van der Waals surface area contributed by atoms with Crippen molar-refractivity contribution in [2.24, 2.45) is 0 Å². The van der Waals surface area contributed by atoms with E-state index in [0.29, 0.717) is 25.7 Å². The molecule has 0 fully saturated rings. The van der Waals surface area contributed by atoms with E-state index in [2.05, 4.69) is 19.2 Å². The van der Waals surface area contributed by atoms with Crippen molar-refractivity contribution in [3.8, 4) is 0 Å². The number of amides is 1. The third-order valence-electron chi connectivity index (χ3n) is 6.42. The van der Waals surface area contributed by atoms with Crippen LogP contribution in [0.3, 0.4) is 0 Å². The molecule has 4 N–H and O–H groups in total. The molecule has 0 saturated carbocycles. The highest BCUT2D eigenvalue weighted by Crippen LogP contribution is 2.14. The van der Waals surface area contributed by atoms with Crippen LogP contribution in [0.2, 0.25) is 0 Å². The van der Waals surface area contributed by atoms with Gasteiger partial charge < -0.3 is 15.5 Å². The first-order chi connectivity index (χ1) is 16.2. The number of carbonyl (C=O) groups is 1. The first-order valence-corrected chi connectivity index (χ1v) is 15.4. The van der Waals surface area contributed by atoms with Gasteiger partial charge in [0.25, 0.3) is 10.1 Å². The van der Waals surface area contributed by atoms with Crippen LogP contribution in [0, 0.1) is 0 Å². The first-order valence-electron chi connectivity index (χ1n) is 13.8. The number of hydrogen-bond donors (Lipinski definition) is 4. The van der Waals surface area contributed by atoms with Gasteiger partial charge in [0.05, 0.1) is 17.9 Å². The van der Waals surface area contributed by atoms with E-state index in [1.54, 1.807) is 0 Å². The minimum atomic E-state index is -4.38. The summed E-state index contributed by atoms with van der Waals surface area (Å²) in [5.74, 6) is -1.45. The zero-order valence-electron chi connectivity index (χ0n) is 21.8. The van der Waals surface area contributed by atoms with Gasteiger partial charge in [-0.25, -0.2) is 0 Å². The third kappa shape index (κ3) is 20.7. The van der Waals surface area contributed by atoms with Crippen LogP contribution in [0.1, 0.15) is 136 Å². The predicted octanol–water partition coefficient (Wildman–Crippen LogP) is 5.53. The Labute approximate surface area is 209 Å². The zero-order chi connectivity index (χ0) is 25.7. The van der Waals surface area contributed by atoms with Crippen molar-refractivity contribution in [3.63, 3.8) is 0 Å². The van der Waals surface area contributed by atoms with Crippen LogP contribution in [0.15, 0.2) is 0 Å². The van der Waals surface area contributed by atoms with E-state index in [-0.39, 0.29) is 0 Å². The smallest absolute Gasteiger partial charge is 0.266 e. The predicted molar refractivity (Wildman–Crippen MR) is 139 cm³/mol. The van der Waals surface area contributed by atoms with Crippen molar-refractivity contribution >= 4 is 16.0 Å². The van der Waals surface area contributed by atoms with Crippen LogP contribution in [0.4, 0.5) is 0 Å². The molecule has 0 aliphatic carbocycles. The van der Waals surface area contributed by atoms with Gasteiger partial charge in [0.1, 0.15) is 6.10 Å². The first kappa shape index (κ1) is 33.3. The summed E-state index contributed by atoms with van der Waals surface area (Å²) in [6, 6.07) is -1.13. The molecule has 0 aromatic carbocycles. The summed E-state index contributed by atoms with van der Waals surface area (Å²) in [6.07, 6.45) is 17.4. The Morgan fingerprint density at radius 1 is 0.676 bits per heavy atom. The van der Waals surface area contributed by atoms with Crippen molar-refractivity contribution in [2.45, 2.75) is 154 Å². The van der Waals surface area contributed by atoms with E-state index in [1.165, 1.54) is 51.4 Å². The molecule has 3 unspecified atom stereocenters. The van der Waals surface area contributed by atoms with E-state index < -0.39 is 40.0 Å². The quantitative estimate of drug-likeness (QED) is 0.101. The molecule has 0 spiro atoms. The molecule has 0 aliphatic heterocycles. The molecule has 34 heavy (non-hydrogen) atoms. The number of aliphatic hydroxyl groups excluding tert-OH is 2. The number of aliphatic hydroxyl groups is 2. The lowest BCUT2D eigenvalue weighted by Crippen LogP contribution is -2.50. The van der Waals surface area contributed by atoms with Gasteiger partial charge in [-0.2, -0.15) is 8.42 Å². The summed E-state index contributed by atoms with van der Waals surface area (Å²) in [5.41, 5.74) is 0. The Hall–Kier alpha value is -0.700. The molecule has 204 valence electrons. The molecule has 3 atom stereocenters. The number of carbonyl (C=O) groups excluding carboxylic acids is 1. The summed E-state index contributed by atoms with van der Waals surface area (Å²) in [5, 5.41) is 23.0. The maximum Gasteiger partial charge on any atom is 0.266 e. The highest BCUT2D eigenvalue weighted by atomic mass is 32.2. The van der Waals surface area contributed by atoms with Crippen molar-refractivity contribution in [1.29, 1.82) is 0 Å². The summed E-state index contributed by atoms with van der Waals surface area (Å²) in [6.45, 7) is 4.36. The van der Waals surface area contributed by atoms with Crippen LogP contribution in [-0.4, -0.2) is 53.1 Å². The van der Waals surface area contributed by atoms with E-state index in [0.717, 1.165) is 44.9 Å². The number of nitrogens with one attached hydrogen (secondary N) is 1. The summed E-state index contributed by atoms with van der Waals surface area (Å²) in [4.78, 5) is 12.4. The maximum absolute atomic E-state index is 12.4. The van der Waals surface area contributed by atoms with Crippen LogP contribution >= 0.6 is 0 Å². The Kier molecular flexibility index (Phi) is 21.1. The Morgan fingerprint density at radius 3 is 1.47 bits per heavy atom. The molecule has 0 saturated heterocycles. The van der Waals surface area contributed by atoms with Crippen LogP contribution in [0.25, 0.3) is 0 Å². The molecule has 1 amide bonds. The average molecular weight is 508 g/mol. The van der Waals surface area contributed by atoms with E-state index in [1.807, 2.05) is 0 Å². The normalized spacial score (nSPS) is 14.6. The molecule has 0 heterocycles. The fourth-order valence-corrected chi connectivity index (χ4v) is 4.98. The molecule has 0 radical (unpaired) electrons. The summed E-state index contributed by atoms with van der Waals surface area (Å²) in [7, 11) is -4.38. The average Bonchev–Trinajstić information content (AvgIpc) is 2.78. The molecule has 7 nitrogen and oxygen atoms in total. The van der Waals surface area contributed by atoms with Gasteiger partial charge in [0.2, 0.25) is 5.91 Å². The molecule has 0 aliphatic rings. The lowest BCUT2D eigenvalue weighted by molar-refractivity contribution is -0.131. The van der Waals surface area contributed by atoms with Gasteiger partial charge in [-0.1, -0.05) is 123 Å². The monoisotopic (exact) mass is 507 g/mol. The van der Waals surface area contributed by atoms with Crippen LogP contribution in [0.5, 0.6) is 0 Å². The number of unbranched alkanes of at least 4 members (excludes halogenated alkanes) is 15. The van der Waals surface area contributed by atoms with E-state index in [9.17, 15) is 28.0 Å². The van der Waals surface area contributed by atoms with Crippen molar-refractivity contribution in [2.75, 3.05) is 5.75 Å². The topological polar surface area (TPSA) is 124 Å². The second-order valence-corrected chi connectivity index (χ2v) is 11.3. The fourth-order valence-electron chi connectivity index (χ4n) is 4.22. The molecular formula is C26H53NO6S. The molecule has 0 aromatic rings. The van der Waals surface area contributed by atoms with Gasteiger partial charge in [0.15, 0.2) is 0 Å². The molecule has 0 aromatic heterocycles. The van der Waals surface area contributed by atoms with Crippen molar-refractivity contribution in [3.05, 3.63) is 0 Å². The number of hydrogen-bond acceptors (Lipinski definition) is 5. The molecule has 8 heteroatoms. The minimum Gasteiger partial charge on any atom is -0.391 e. The van der Waals surface area contributed by atoms with Crippen molar-refractivity contribution < 1.29 is 28.0 Å². The zero-order valence-corrected chi connectivity index (χ0v) is 22.7. The highest BCUT2D eigenvalue weighted by Gasteiger charge is 2.28. The van der Waals surface area contributed by atoms with E-state index in [4.69, 9.17) is 0 Å². The van der Waals surface area contributed by atoms with Crippen LogP contribution in [-0.2, 0) is 14.9 Å². The highest BCUT2D eigenvalue weighted by molar-refractivity contribution is 7.85. The largest absolute Gasteiger partial charge is 0.391 e. The second-order valence-electron chi connectivity index (χ2n) is 9.83. The summed E-state index contributed by atoms with van der Waals surface area (Å²) >= 11 is 0. The van der Waals surface area contributed by atoms with E-state index >= 15 is 0 Å². The molecule has 0 bridgehead atoms. The Morgan fingerprint density at radius 2 is 1.06 bits per heavy atom. The third-order valence-corrected chi connectivity index (χ3v) is 7.20. The Balaban J connectivity index is 4.18. The van der Waals surface area contributed by atoms with Crippen molar-refractivity contribution in [1.82, 2.24) is 5.32 Å². The second kappa shape index (κ2) is 21.6. The van der Waals surface area contributed by atoms with Gasteiger partial charge in [-0.3, -0.25) is 9.35 Å². The fraction of sp³-hybridized carbons (Fsp3) is 0.962. The molecule has 0 rings (SSSR count). The van der Waals surface area contributed by atoms with Gasteiger partial charge in [-0.15, -0.1) is 0 Å². The van der Waals surface area contributed by atoms with Gasteiger partial charge >= 0.3 is 0 Å². The lowest BCUT2D eigenvalue weighted by atomic mass is 10.0.